The number of methoxy groups -OCH3 is 1. The van der Waals surface area contributed by atoms with Gasteiger partial charge in [-0.2, -0.15) is 0 Å². The second kappa shape index (κ2) is 8.02. The van der Waals surface area contributed by atoms with Crippen molar-refractivity contribution in [1.29, 1.82) is 0 Å². The number of nitrogens with zero attached hydrogens (tertiary/aromatic N) is 3. The molecule has 0 fully saturated rings. The van der Waals surface area contributed by atoms with Crippen LogP contribution < -0.4 is 15.2 Å². The number of aromatic nitrogens is 3. The number of ether oxygens (including phenoxy) is 1. The Kier molecular flexibility index (Phi) is 5.66. The van der Waals surface area contributed by atoms with Crippen LogP contribution in [0.25, 0.3) is 5.69 Å². The monoisotopic (exact) mass is 415 g/mol. The van der Waals surface area contributed by atoms with Gasteiger partial charge in [-0.05, 0) is 43.7 Å². The zero-order chi connectivity index (χ0) is 21.2. The number of sulfonamides is 1. The number of primary sulfonamides is 1. The molecule has 3 N–H and O–H groups in total. The summed E-state index contributed by atoms with van der Waals surface area (Å²) in [5.41, 5.74) is 2.04. The zero-order valence-electron chi connectivity index (χ0n) is 16.2. The van der Waals surface area contributed by atoms with Gasteiger partial charge in [-0.3, -0.25) is 4.79 Å². The lowest BCUT2D eigenvalue weighted by Gasteiger charge is -2.14. The topological polar surface area (TPSA) is 129 Å². The van der Waals surface area contributed by atoms with Gasteiger partial charge in [-0.15, -0.1) is 5.10 Å². The molecule has 1 aromatic heterocycles. The fraction of sp³-hybridized carbons (Fsp3) is 0.211. The first-order valence-corrected chi connectivity index (χ1v) is 10.3. The van der Waals surface area contributed by atoms with Gasteiger partial charge in [0.05, 0.1) is 29.4 Å². The van der Waals surface area contributed by atoms with Gasteiger partial charge in [-0.1, -0.05) is 23.4 Å². The molecule has 1 atom stereocenters. The molecule has 0 saturated heterocycles. The van der Waals surface area contributed by atoms with E-state index in [9.17, 15) is 13.2 Å². The Bertz CT molecular complexity index is 1160. The Hall–Kier alpha value is -3.24. The molecule has 152 valence electrons. The van der Waals surface area contributed by atoms with E-state index in [2.05, 4.69) is 15.6 Å². The van der Waals surface area contributed by atoms with E-state index < -0.39 is 22.0 Å². The first-order valence-electron chi connectivity index (χ1n) is 8.71. The fourth-order valence-corrected chi connectivity index (χ4v) is 3.40. The van der Waals surface area contributed by atoms with Crippen molar-refractivity contribution in [2.75, 3.05) is 7.11 Å². The highest BCUT2D eigenvalue weighted by atomic mass is 32.2. The molecule has 1 amide bonds. The predicted octanol–water partition coefficient (Wildman–Crippen LogP) is 1.72. The van der Waals surface area contributed by atoms with Crippen molar-refractivity contribution in [2.24, 2.45) is 5.14 Å². The molecule has 0 aliphatic carbocycles. The third-order valence-electron chi connectivity index (χ3n) is 4.44. The van der Waals surface area contributed by atoms with Gasteiger partial charge < -0.3 is 10.1 Å². The fourth-order valence-electron chi connectivity index (χ4n) is 2.84. The SMILES string of the molecule is COc1cccc(-n2nnc(C(=O)NC(C)c3cccc(S(N)(=O)=O)c3)c2C)c1. The van der Waals surface area contributed by atoms with Gasteiger partial charge in [0.15, 0.2) is 5.69 Å². The van der Waals surface area contributed by atoms with Crippen LogP contribution in [-0.4, -0.2) is 36.4 Å². The lowest BCUT2D eigenvalue weighted by molar-refractivity contribution is 0.0934. The van der Waals surface area contributed by atoms with Gasteiger partial charge in [0.1, 0.15) is 5.75 Å². The lowest BCUT2D eigenvalue weighted by Crippen LogP contribution is -2.28. The molecule has 2 aromatic carbocycles. The Morgan fingerprint density at radius 2 is 1.93 bits per heavy atom. The minimum atomic E-state index is -3.83. The van der Waals surface area contributed by atoms with Crippen molar-refractivity contribution in [3.05, 3.63) is 65.5 Å². The van der Waals surface area contributed by atoms with Crippen LogP contribution in [0.1, 0.15) is 34.7 Å². The minimum Gasteiger partial charge on any atom is -0.497 e. The summed E-state index contributed by atoms with van der Waals surface area (Å²) in [6.45, 7) is 3.47. The molecular formula is C19H21N5O4S. The maximum Gasteiger partial charge on any atom is 0.274 e. The smallest absolute Gasteiger partial charge is 0.274 e. The zero-order valence-corrected chi connectivity index (χ0v) is 17.0. The number of amides is 1. The lowest BCUT2D eigenvalue weighted by atomic mass is 10.1. The molecule has 0 saturated carbocycles. The third-order valence-corrected chi connectivity index (χ3v) is 5.35. The highest BCUT2D eigenvalue weighted by Gasteiger charge is 2.20. The van der Waals surface area contributed by atoms with Gasteiger partial charge in [-0.25, -0.2) is 18.2 Å². The summed E-state index contributed by atoms with van der Waals surface area (Å²) in [6, 6.07) is 12.9. The summed E-state index contributed by atoms with van der Waals surface area (Å²) in [7, 11) is -2.26. The minimum absolute atomic E-state index is 0.0174. The van der Waals surface area contributed by atoms with Crippen molar-refractivity contribution in [3.8, 4) is 11.4 Å². The summed E-state index contributed by atoms with van der Waals surface area (Å²) in [5, 5.41) is 16.0. The normalized spacial score (nSPS) is 12.4. The van der Waals surface area contributed by atoms with Crippen LogP contribution in [0.15, 0.2) is 53.4 Å². The molecule has 0 bridgehead atoms. The van der Waals surface area contributed by atoms with Crippen molar-refractivity contribution in [3.63, 3.8) is 0 Å². The van der Waals surface area contributed by atoms with E-state index in [0.29, 0.717) is 22.7 Å². The quantitative estimate of drug-likeness (QED) is 0.631. The van der Waals surface area contributed by atoms with Crippen LogP contribution in [0.2, 0.25) is 0 Å². The van der Waals surface area contributed by atoms with Gasteiger partial charge in [0.2, 0.25) is 10.0 Å². The number of carbonyl (C=O) groups excluding carboxylic acids is 1. The molecule has 29 heavy (non-hydrogen) atoms. The van der Waals surface area contributed by atoms with Crippen LogP contribution >= 0.6 is 0 Å². The van der Waals surface area contributed by atoms with Crippen LogP contribution in [0.5, 0.6) is 5.75 Å². The molecule has 1 heterocycles. The van der Waals surface area contributed by atoms with E-state index in [4.69, 9.17) is 9.88 Å². The summed E-state index contributed by atoms with van der Waals surface area (Å²) in [4.78, 5) is 12.7. The van der Waals surface area contributed by atoms with Gasteiger partial charge >= 0.3 is 0 Å². The van der Waals surface area contributed by atoms with Crippen molar-refractivity contribution < 1.29 is 17.9 Å². The van der Waals surface area contributed by atoms with E-state index in [1.807, 2.05) is 12.1 Å². The highest BCUT2D eigenvalue weighted by molar-refractivity contribution is 7.89. The Balaban J connectivity index is 1.82. The molecule has 0 aliphatic heterocycles. The number of hydrogen-bond donors (Lipinski definition) is 2. The predicted molar refractivity (Wildman–Crippen MR) is 106 cm³/mol. The number of rotatable bonds is 6. The molecule has 0 radical (unpaired) electrons. The summed E-state index contributed by atoms with van der Waals surface area (Å²) in [5.74, 6) is 0.233. The number of benzene rings is 2. The average Bonchev–Trinajstić information content (AvgIpc) is 3.09. The van der Waals surface area contributed by atoms with Crippen LogP contribution in [0.4, 0.5) is 0 Å². The molecule has 3 rings (SSSR count). The maximum absolute atomic E-state index is 12.7. The Morgan fingerprint density at radius 1 is 1.21 bits per heavy atom. The standard InChI is InChI=1S/C19H21N5O4S/c1-12(14-6-4-9-17(10-14)29(20,26)27)21-19(25)18-13(2)24(23-22-18)15-7-5-8-16(11-15)28-3/h4-12H,1-3H3,(H,21,25)(H2,20,26,27). The van der Waals surface area contributed by atoms with Crippen LogP contribution in [0.3, 0.4) is 0 Å². The number of carbonyl (C=O) groups is 1. The van der Waals surface area contributed by atoms with E-state index in [-0.39, 0.29) is 10.6 Å². The number of nitrogens with one attached hydrogen (secondary N) is 1. The second-order valence-electron chi connectivity index (χ2n) is 6.45. The number of nitrogens with two attached hydrogens (primary N) is 1. The molecular weight excluding hydrogens is 394 g/mol. The van der Waals surface area contributed by atoms with E-state index in [0.717, 1.165) is 0 Å². The molecule has 3 aromatic rings. The summed E-state index contributed by atoms with van der Waals surface area (Å²) >= 11 is 0. The van der Waals surface area contributed by atoms with Crippen LogP contribution in [0, 0.1) is 6.92 Å². The first-order chi connectivity index (χ1) is 13.7. The molecule has 0 aliphatic rings. The molecule has 10 heteroatoms. The van der Waals surface area contributed by atoms with Gasteiger partial charge in [0.25, 0.3) is 5.91 Å². The summed E-state index contributed by atoms with van der Waals surface area (Å²) in [6.07, 6.45) is 0. The van der Waals surface area contributed by atoms with Crippen LogP contribution in [-0.2, 0) is 10.0 Å². The summed E-state index contributed by atoms with van der Waals surface area (Å²) < 4.78 is 29.8. The largest absolute Gasteiger partial charge is 0.497 e. The van der Waals surface area contributed by atoms with E-state index in [1.165, 1.54) is 12.1 Å². The Morgan fingerprint density at radius 3 is 2.62 bits per heavy atom. The molecule has 9 nitrogen and oxygen atoms in total. The van der Waals surface area contributed by atoms with Crippen molar-refractivity contribution in [2.45, 2.75) is 24.8 Å². The highest BCUT2D eigenvalue weighted by Crippen LogP contribution is 2.20. The third kappa shape index (κ3) is 4.44. The second-order valence-corrected chi connectivity index (χ2v) is 8.01. The average molecular weight is 415 g/mol. The van der Waals surface area contributed by atoms with Crippen molar-refractivity contribution in [1.82, 2.24) is 20.3 Å². The van der Waals surface area contributed by atoms with E-state index >= 15 is 0 Å². The Labute approximate surface area is 168 Å². The number of hydrogen-bond acceptors (Lipinski definition) is 6. The molecule has 1 unspecified atom stereocenters. The maximum atomic E-state index is 12.7. The first kappa shape index (κ1) is 20.5. The molecule has 0 spiro atoms. The van der Waals surface area contributed by atoms with E-state index in [1.54, 1.807) is 49.9 Å². The van der Waals surface area contributed by atoms with Gasteiger partial charge in [0, 0.05) is 6.07 Å². The van der Waals surface area contributed by atoms with Crippen molar-refractivity contribution >= 4 is 15.9 Å².